The number of hydrogen-bond acceptors (Lipinski definition) is 4. The molecule has 1 aromatic carbocycles. The van der Waals surface area contributed by atoms with Crippen LogP contribution in [0, 0.1) is 12.8 Å². The molecular weight excluding hydrogens is 290 g/mol. The molecule has 1 fully saturated rings. The van der Waals surface area contributed by atoms with Gasteiger partial charge in [0.25, 0.3) is 5.91 Å². The van der Waals surface area contributed by atoms with E-state index in [0.29, 0.717) is 17.3 Å². The molecule has 3 aromatic rings. The van der Waals surface area contributed by atoms with E-state index in [9.17, 15) is 4.79 Å². The van der Waals surface area contributed by atoms with Crippen LogP contribution in [0.4, 0.5) is 0 Å². The van der Waals surface area contributed by atoms with Crippen molar-refractivity contribution >= 4 is 16.8 Å². The van der Waals surface area contributed by atoms with Gasteiger partial charge >= 0.3 is 0 Å². The Morgan fingerprint density at radius 1 is 1.35 bits per heavy atom. The normalized spacial score (nSPS) is 15.5. The number of benzene rings is 1. The maximum Gasteiger partial charge on any atom is 0.254 e. The van der Waals surface area contributed by atoms with Gasteiger partial charge in [-0.15, -0.1) is 0 Å². The van der Waals surface area contributed by atoms with Crippen molar-refractivity contribution in [3.8, 4) is 0 Å². The molecule has 1 atom stereocenters. The van der Waals surface area contributed by atoms with E-state index in [1.54, 1.807) is 18.5 Å². The van der Waals surface area contributed by atoms with Crippen LogP contribution in [0.5, 0.6) is 0 Å². The number of aromatic amines is 1. The minimum atomic E-state index is -0.138. The first kappa shape index (κ1) is 13.9. The summed E-state index contributed by atoms with van der Waals surface area (Å²) in [5, 5.41) is 10.9. The van der Waals surface area contributed by atoms with E-state index in [2.05, 4.69) is 25.5 Å². The van der Waals surface area contributed by atoms with Crippen molar-refractivity contribution in [2.24, 2.45) is 5.92 Å². The van der Waals surface area contributed by atoms with Gasteiger partial charge in [0.15, 0.2) is 5.82 Å². The highest BCUT2D eigenvalue weighted by atomic mass is 16.1. The number of aromatic nitrogens is 4. The lowest BCUT2D eigenvalue weighted by atomic mass is 10.1. The monoisotopic (exact) mass is 307 g/mol. The van der Waals surface area contributed by atoms with Gasteiger partial charge < -0.3 is 5.32 Å². The zero-order valence-corrected chi connectivity index (χ0v) is 12.8. The van der Waals surface area contributed by atoms with Crippen LogP contribution in [-0.4, -0.2) is 26.1 Å². The van der Waals surface area contributed by atoms with Crippen molar-refractivity contribution in [2.75, 3.05) is 0 Å². The van der Waals surface area contributed by atoms with Gasteiger partial charge in [0.1, 0.15) is 0 Å². The topological polar surface area (TPSA) is 83.6 Å². The summed E-state index contributed by atoms with van der Waals surface area (Å²) >= 11 is 0. The minimum absolute atomic E-state index is 0.123. The number of nitrogens with zero attached hydrogens (tertiary/aromatic N) is 3. The van der Waals surface area contributed by atoms with E-state index >= 15 is 0 Å². The lowest BCUT2D eigenvalue weighted by molar-refractivity contribution is 0.0931. The van der Waals surface area contributed by atoms with Gasteiger partial charge in [-0.25, -0.2) is 9.97 Å². The number of nitrogens with one attached hydrogen (secondary N) is 2. The molecule has 116 valence electrons. The number of carbonyl (C=O) groups excluding carboxylic acids is 1. The quantitative estimate of drug-likeness (QED) is 0.776. The molecule has 1 aliphatic carbocycles. The SMILES string of the molecule is Cc1ccnc([C@@H](NC(=O)c2cccc3cn[nH]c23)C2CC2)n1. The fourth-order valence-electron chi connectivity index (χ4n) is 2.82. The Hall–Kier alpha value is -2.76. The van der Waals surface area contributed by atoms with Crippen LogP contribution in [0.1, 0.15) is 40.8 Å². The van der Waals surface area contributed by atoms with E-state index in [1.165, 1.54) is 0 Å². The lowest BCUT2D eigenvalue weighted by Gasteiger charge is -2.17. The van der Waals surface area contributed by atoms with Crippen LogP contribution in [0.3, 0.4) is 0 Å². The third-order valence-corrected chi connectivity index (χ3v) is 4.19. The summed E-state index contributed by atoms with van der Waals surface area (Å²) in [6.07, 6.45) is 5.65. The van der Waals surface area contributed by atoms with E-state index in [-0.39, 0.29) is 11.9 Å². The van der Waals surface area contributed by atoms with Gasteiger partial charge in [-0.1, -0.05) is 12.1 Å². The Kier molecular flexibility index (Phi) is 3.29. The highest BCUT2D eigenvalue weighted by Crippen LogP contribution is 2.40. The summed E-state index contributed by atoms with van der Waals surface area (Å²) < 4.78 is 0. The molecule has 2 N–H and O–H groups in total. The number of fused-ring (bicyclic) bond motifs is 1. The van der Waals surface area contributed by atoms with Crippen molar-refractivity contribution in [3.63, 3.8) is 0 Å². The zero-order valence-electron chi connectivity index (χ0n) is 12.8. The van der Waals surface area contributed by atoms with Crippen LogP contribution < -0.4 is 5.32 Å². The lowest BCUT2D eigenvalue weighted by Crippen LogP contribution is -2.31. The van der Waals surface area contributed by atoms with Crippen molar-refractivity contribution < 1.29 is 4.79 Å². The number of rotatable bonds is 4. The molecule has 1 amide bonds. The molecule has 0 saturated heterocycles. The van der Waals surface area contributed by atoms with E-state index in [0.717, 1.165) is 29.4 Å². The van der Waals surface area contributed by atoms with Crippen molar-refractivity contribution in [1.29, 1.82) is 0 Å². The predicted octanol–water partition coefficient (Wildman–Crippen LogP) is 2.54. The van der Waals surface area contributed by atoms with Crippen LogP contribution in [0.15, 0.2) is 36.7 Å². The highest BCUT2D eigenvalue weighted by Gasteiger charge is 2.35. The van der Waals surface area contributed by atoms with Gasteiger partial charge in [0, 0.05) is 17.3 Å². The second-order valence-corrected chi connectivity index (χ2v) is 5.98. The molecule has 0 unspecified atom stereocenters. The fraction of sp³-hybridized carbons (Fsp3) is 0.294. The summed E-state index contributed by atoms with van der Waals surface area (Å²) in [6, 6.07) is 7.32. The number of aryl methyl sites for hydroxylation is 1. The summed E-state index contributed by atoms with van der Waals surface area (Å²) in [4.78, 5) is 21.6. The fourth-order valence-corrected chi connectivity index (χ4v) is 2.82. The largest absolute Gasteiger partial charge is 0.342 e. The minimum Gasteiger partial charge on any atom is -0.342 e. The Labute approximate surface area is 133 Å². The molecule has 0 bridgehead atoms. The summed E-state index contributed by atoms with van der Waals surface area (Å²) in [7, 11) is 0. The average Bonchev–Trinajstić information content (AvgIpc) is 3.28. The van der Waals surface area contributed by atoms with Crippen LogP contribution in [-0.2, 0) is 0 Å². The van der Waals surface area contributed by atoms with Crippen molar-refractivity contribution in [2.45, 2.75) is 25.8 Å². The molecule has 2 aromatic heterocycles. The second kappa shape index (κ2) is 5.46. The van der Waals surface area contributed by atoms with Gasteiger partial charge in [0.05, 0.1) is 23.3 Å². The molecule has 0 radical (unpaired) electrons. The second-order valence-electron chi connectivity index (χ2n) is 5.98. The van der Waals surface area contributed by atoms with E-state index in [4.69, 9.17) is 0 Å². The molecule has 1 aliphatic rings. The summed E-state index contributed by atoms with van der Waals surface area (Å²) in [6.45, 7) is 1.93. The predicted molar refractivity (Wildman–Crippen MR) is 85.8 cm³/mol. The van der Waals surface area contributed by atoms with Gasteiger partial charge in [-0.3, -0.25) is 9.89 Å². The summed E-state index contributed by atoms with van der Waals surface area (Å²) in [5.41, 5.74) is 2.26. The molecule has 4 rings (SSSR count). The van der Waals surface area contributed by atoms with Crippen LogP contribution in [0.25, 0.3) is 10.9 Å². The van der Waals surface area contributed by atoms with Crippen LogP contribution >= 0.6 is 0 Å². The van der Waals surface area contributed by atoms with Crippen LogP contribution in [0.2, 0.25) is 0 Å². The first-order valence-corrected chi connectivity index (χ1v) is 7.75. The molecule has 6 heteroatoms. The number of H-pyrrole nitrogens is 1. The molecule has 23 heavy (non-hydrogen) atoms. The molecule has 6 nitrogen and oxygen atoms in total. The van der Waals surface area contributed by atoms with Crippen molar-refractivity contribution in [3.05, 3.63) is 53.7 Å². The van der Waals surface area contributed by atoms with E-state index in [1.807, 2.05) is 25.1 Å². The Bertz CT molecular complexity index is 868. The third kappa shape index (κ3) is 2.67. The average molecular weight is 307 g/mol. The summed E-state index contributed by atoms with van der Waals surface area (Å²) in [5.74, 6) is 0.987. The zero-order chi connectivity index (χ0) is 15.8. The number of carbonyl (C=O) groups is 1. The maximum absolute atomic E-state index is 12.7. The standard InChI is InChI=1S/C17H17N5O/c1-10-7-8-18-16(20-10)15(11-5-6-11)21-17(23)13-4-2-3-12-9-19-22-14(12)13/h2-4,7-9,11,15H,5-6H2,1H3,(H,19,22)(H,21,23)/t15-/m0/s1. The number of para-hydroxylation sites is 1. The van der Waals surface area contributed by atoms with Gasteiger partial charge in [-0.2, -0.15) is 5.10 Å². The first-order valence-electron chi connectivity index (χ1n) is 7.75. The van der Waals surface area contributed by atoms with Gasteiger partial charge in [-0.05, 0) is 37.8 Å². The Balaban J connectivity index is 1.64. The Morgan fingerprint density at radius 3 is 3.00 bits per heavy atom. The maximum atomic E-state index is 12.7. The number of hydrogen-bond donors (Lipinski definition) is 2. The molecule has 0 spiro atoms. The number of amides is 1. The third-order valence-electron chi connectivity index (χ3n) is 4.19. The Morgan fingerprint density at radius 2 is 2.22 bits per heavy atom. The smallest absolute Gasteiger partial charge is 0.254 e. The highest BCUT2D eigenvalue weighted by molar-refractivity contribution is 6.05. The molecule has 0 aliphatic heterocycles. The van der Waals surface area contributed by atoms with E-state index < -0.39 is 0 Å². The molecule has 1 saturated carbocycles. The van der Waals surface area contributed by atoms with Crippen molar-refractivity contribution in [1.82, 2.24) is 25.5 Å². The molecular formula is C17H17N5O. The van der Waals surface area contributed by atoms with Gasteiger partial charge in [0.2, 0.25) is 0 Å². The first-order chi connectivity index (χ1) is 11.2. The molecule has 2 heterocycles.